The summed E-state index contributed by atoms with van der Waals surface area (Å²) in [6.07, 6.45) is 2.97. The van der Waals surface area contributed by atoms with Crippen molar-refractivity contribution in [1.29, 1.82) is 0 Å². The molecule has 2 aromatic heterocycles. The second kappa shape index (κ2) is 5.85. The van der Waals surface area contributed by atoms with Gasteiger partial charge >= 0.3 is 5.97 Å². The lowest BCUT2D eigenvalue weighted by molar-refractivity contribution is 0.0697. The lowest BCUT2D eigenvalue weighted by atomic mass is 10.1. The van der Waals surface area contributed by atoms with Crippen LogP contribution in [0.5, 0.6) is 0 Å². The third kappa shape index (κ3) is 2.78. The van der Waals surface area contributed by atoms with E-state index in [4.69, 9.17) is 0 Å². The summed E-state index contributed by atoms with van der Waals surface area (Å²) in [7, 11) is 0. The quantitative estimate of drug-likeness (QED) is 0.920. The van der Waals surface area contributed by atoms with E-state index in [1.165, 1.54) is 4.88 Å². The molecule has 2 heterocycles. The van der Waals surface area contributed by atoms with Gasteiger partial charge < -0.3 is 10.0 Å². The van der Waals surface area contributed by atoms with Crippen LogP contribution in [-0.2, 0) is 19.4 Å². The Labute approximate surface area is 128 Å². The zero-order valence-corrected chi connectivity index (χ0v) is 12.8. The van der Waals surface area contributed by atoms with Crippen LogP contribution in [0.2, 0.25) is 0 Å². The molecule has 2 aromatic rings. The van der Waals surface area contributed by atoms with E-state index in [-0.39, 0.29) is 0 Å². The van der Waals surface area contributed by atoms with Crippen LogP contribution in [0.25, 0.3) is 0 Å². The van der Waals surface area contributed by atoms with Gasteiger partial charge in [0.05, 0.1) is 6.54 Å². The number of hydrogen-bond donors (Lipinski definition) is 1. The number of aromatic nitrogens is 1. The largest absolute Gasteiger partial charge is 0.478 e. The van der Waals surface area contributed by atoms with E-state index >= 15 is 0 Å². The highest BCUT2D eigenvalue weighted by Gasteiger charge is 2.23. The van der Waals surface area contributed by atoms with Gasteiger partial charge in [0, 0.05) is 17.1 Å². The number of thiophene rings is 1. The second-order valence-corrected chi connectivity index (χ2v) is 6.25. The number of aryl methyl sites for hydroxylation is 2. The van der Waals surface area contributed by atoms with Gasteiger partial charge in [-0.2, -0.15) is 0 Å². The fourth-order valence-electron chi connectivity index (χ4n) is 2.79. The van der Waals surface area contributed by atoms with Gasteiger partial charge in [-0.05, 0) is 49.3 Å². The minimum Gasteiger partial charge on any atom is -0.478 e. The van der Waals surface area contributed by atoms with Gasteiger partial charge in [0.25, 0.3) is 0 Å². The fourth-order valence-corrected chi connectivity index (χ4v) is 3.51. The molecule has 3 rings (SSSR count). The van der Waals surface area contributed by atoms with E-state index < -0.39 is 5.97 Å². The minimum absolute atomic E-state index is 0.328. The summed E-state index contributed by atoms with van der Waals surface area (Å²) in [6, 6.07) is 5.91. The number of hydrogen-bond acceptors (Lipinski definition) is 4. The first-order valence-corrected chi connectivity index (χ1v) is 8.10. The maximum absolute atomic E-state index is 11.6. The van der Waals surface area contributed by atoms with E-state index in [0.717, 1.165) is 37.1 Å². The molecule has 0 amide bonds. The second-order valence-electron chi connectivity index (χ2n) is 5.22. The molecule has 0 saturated carbocycles. The average Bonchev–Trinajstić information content (AvgIpc) is 3.14. The topological polar surface area (TPSA) is 53.4 Å². The molecule has 4 nitrogen and oxygen atoms in total. The van der Waals surface area contributed by atoms with Gasteiger partial charge in [-0.15, -0.1) is 11.3 Å². The van der Waals surface area contributed by atoms with Gasteiger partial charge in [-0.25, -0.2) is 9.78 Å². The Morgan fingerprint density at radius 1 is 1.48 bits per heavy atom. The first kappa shape index (κ1) is 14.1. The van der Waals surface area contributed by atoms with Crippen LogP contribution >= 0.6 is 11.3 Å². The van der Waals surface area contributed by atoms with Crippen molar-refractivity contribution in [1.82, 2.24) is 4.98 Å². The van der Waals surface area contributed by atoms with Crippen LogP contribution in [0.1, 0.15) is 39.8 Å². The SMILES string of the molecule is CCN(Cc1cccs1)c1nc2c(cc1C(=O)O)CCC2. The summed E-state index contributed by atoms with van der Waals surface area (Å²) in [6.45, 7) is 3.48. The van der Waals surface area contributed by atoms with Gasteiger partial charge in [0.1, 0.15) is 11.4 Å². The standard InChI is InChI=1S/C16H18N2O2S/c1-2-18(10-12-6-4-8-21-12)15-13(16(19)20)9-11-5-3-7-14(11)17-15/h4,6,8-9H,2-3,5,7,10H2,1H3,(H,19,20). The lowest BCUT2D eigenvalue weighted by Gasteiger charge is -2.23. The molecule has 1 N–H and O–H groups in total. The minimum atomic E-state index is -0.892. The number of pyridine rings is 1. The summed E-state index contributed by atoms with van der Waals surface area (Å²) in [5.74, 6) is -0.282. The molecule has 0 radical (unpaired) electrons. The Balaban J connectivity index is 2.00. The maximum Gasteiger partial charge on any atom is 0.339 e. The van der Waals surface area contributed by atoms with Crippen LogP contribution in [0.3, 0.4) is 0 Å². The Kier molecular flexibility index (Phi) is 3.92. The summed E-state index contributed by atoms with van der Waals surface area (Å²) >= 11 is 1.68. The van der Waals surface area contributed by atoms with Crippen molar-refractivity contribution < 1.29 is 9.90 Å². The number of aromatic carboxylic acids is 1. The molecule has 0 fully saturated rings. The van der Waals surface area contributed by atoms with Crippen molar-refractivity contribution in [3.05, 3.63) is 45.3 Å². The molecule has 0 atom stereocenters. The monoisotopic (exact) mass is 302 g/mol. The molecule has 0 saturated heterocycles. The predicted octanol–water partition coefficient (Wildman–Crippen LogP) is 3.36. The lowest BCUT2D eigenvalue weighted by Crippen LogP contribution is -2.25. The number of fused-ring (bicyclic) bond motifs is 1. The van der Waals surface area contributed by atoms with Gasteiger partial charge in [-0.1, -0.05) is 6.07 Å². The molecule has 1 aliphatic rings. The first-order chi connectivity index (χ1) is 10.2. The molecule has 0 aromatic carbocycles. The van der Waals surface area contributed by atoms with Gasteiger partial charge in [0.2, 0.25) is 0 Å². The van der Waals surface area contributed by atoms with Crippen molar-refractivity contribution >= 4 is 23.1 Å². The van der Waals surface area contributed by atoms with Crippen molar-refractivity contribution in [3.8, 4) is 0 Å². The van der Waals surface area contributed by atoms with E-state index in [2.05, 4.69) is 11.1 Å². The number of carbonyl (C=O) groups is 1. The number of anilines is 1. The Morgan fingerprint density at radius 3 is 3.00 bits per heavy atom. The Bertz CT molecular complexity index is 653. The maximum atomic E-state index is 11.6. The van der Waals surface area contributed by atoms with Gasteiger partial charge in [0.15, 0.2) is 0 Å². The molecule has 110 valence electrons. The van der Waals surface area contributed by atoms with Gasteiger partial charge in [-0.3, -0.25) is 0 Å². The molecular formula is C16H18N2O2S. The highest BCUT2D eigenvalue weighted by molar-refractivity contribution is 7.09. The highest BCUT2D eigenvalue weighted by atomic mass is 32.1. The van der Waals surface area contributed by atoms with Crippen LogP contribution in [0, 0.1) is 0 Å². The summed E-state index contributed by atoms with van der Waals surface area (Å²) in [4.78, 5) is 19.5. The van der Waals surface area contributed by atoms with E-state index in [1.54, 1.807) is 11.3 Å². The number of rotatable bonds is 5. The molecule has 5 heteroatoms. The average molecular weight is 302 g/mol. The van der Waals surface area contributed by atoms with E-state index in [1.807, 2.05) is 29.3 Å². The Morgan fingerprint density at radius 2 is 2.33 bits per heavy atom. The van der Waals surface area contributed by atoms with Crippen molar-refractivity contribution in [3.63, 3.8) is 0 Å². The van der Waals surface area contributed by atoms with Crippen molar-refractivity contribution in [2.45, 2.75) is 32.7 Å². The van der Waals surface area contributed by atoms with Crippen LogP contribution in [0.15, 0.2) is 23.6 Å². The molecule has 1 aliphatic carbocycles. The van der Waals surface area contributed by atoms with Crippen LogP contribution < -0.4 is 4.90 Å². The van der Waals surface area contributed by atoms with Crippen molar-refractivity contribution in [2.24, 2.45) is 0 Å². The third-order valence-electron chi connectivity index (χ3n) is 3.87. The normalized spacial score (nSPS) is 13.2. The summed E-state index contributed by atoms with van der Waals surface area (Å²) in [5, 5.41) is 11.5. The predicted molar refractivity (Wildman–Crippen MR) is 84.3 cm³/mol. The number of carboxylic acid groups (broad SMARTS) is 1. The molecule has 0 spiro atoms. The van der Waals surface area contributed by atoms with Crippen LogP contribution in [0.4, 0.5) is 5.82 Å². The number of nitrogens with zero attached hydrogens (tertiary/aromatic N) is 2. The smallest absolute Gasteiger partial charge is 0.339 e. The zero-order valence-electron chi connectivity index (χ0n) is 12.0. The van der Waals surface area contributed by atoms with E-state index in [0.29, 0.717) is 17.9 Å². The fraction of sp³-hybridized carbons (Fsp3) is 0.375. The first-order valence-electron chi connectivity index (χ1n) is 7.22. The summed E-state index contributed by atoms with van der Waals surface area (Å²) < 4.78 is 0. The van der Waals surface area contributed by atoms with Crippen molar-refractivity contribution in [2.75, 3.05) is 11.4 Å². The molecule has 0 unspecified atom stereocenters. The van der Waals surface area contributed by atoms with Crippen LogP contribution in [-0.4, -0.2) is 22.6 Å². The zero-order chi connectivity index (χ0) is 14.8. The third-order valence-corrected chi connectivity index (χ3v) is 4.73. The molecule has 21 heavy (non-hydrogen) atoms. The molecule has 0 bridgehead atoms. The summed E-state index contributed by atoms with van der Waals surface area (Å²) in [5.41, 5.74) is 2.50. The van der Waals surface area contributed by atoms with E-state index in [9.17, 15) is 9.90 Å². The molecule has 0 aliphatic heterocycles. The highest BCUT2D eigenvalue weighted by Crippen LogP contribution is 2.28. The number of carboxylic acids is 1. The Hall–Kier alpha value is -1.88. The molecular weight excluding hydrogens is 284 g/mol.